The van der Waals surface area contributed by atoms with Gasteiger partial charge in [0.1, 0.15) is 0 Å². The maximum absolute atomic E-state index is 12.4. The highest BCUT2D eigenvalue weighted by Gasteiger charge is 2.31. The van der Waals surface area contributed by atoms with E-state index in [0.717, 1.165) is 5.56 Å². The normalized spacial score (nSPS) is 14.8. The lowest BCUT2D eigenvalue weighted by molar-refractivity contribution is -0.126. The van der Waals surface area contributed by atoms with Crippen LogP contribution in [-0.4, -0.2) is 23.7 Å². The largest absolute Gasteiger partial charge is 0.399 e. The fourth-order valence-corrected chi connectivity index (χ4v) is 1.72. The van der Waals surface area contributed by atoms with Gasteiger partial charge in [0.15, 0.2) is 0 Å². The Bertz CT molecular complexity index is 426. The molecular formula is C15H24N2O2. The number of hydrogen-bond donors (Lipinski definition) is 3. The second-order valence-electron chi connectivity index (χ2n) is 5.67. The van der Waals surface area contributed by atoms with Gasteiger partial charge in [0.25, 0.3) is 0 Å². The van der Waals surface area contributed by atoms with Crippen LogP contribution in [-0.2, 0) is 10.2 Å². The fraction of sp³-hybridized carbons (Fsp3) is 0.533. The molecule has 0 fully saturated rings. The number of hydrogen-bond acceptors (Lipinski definition) is 3. The smallest absolute Gasteiger partial charge is 0.230 e. The maximum Gasteiger partial charge on any atom is 0.230 e. The van der Waals surface area contributed by atoms with Gasteiger partial charge in [0, 0.05) is 18.3 Å². The van der Waals surface area contributed by atoms with Crippen molar-refractivity contribution in [3.05, 3.63) is 29.8 Å². The molecule has 4 nitrogen and oxygen atoms in total. The molecule has 1 amide bonds. The third-order valence-corrected chi connectivity index (χ3v) is 3.70. The lowest BCUT2D eigenvalue weighted by Crippen LogP contribution is -2.46. The minimum atomic E-state index is -0.628. The first kappa shape index (κ1) is 15.5. The molecule has 0 spiro atoms. The molecule has 0 saturated carbocycles. The minimum absolute atomic E-state index is 0.0335. The Morgan fingerprint density at radius 2 is 1.84 bits per heavy atom. The molecule has 0 heterocycles. The number of anilines is 1. The molecule has 0 aliphatic heterocycles. The van der Waals surface area contributed by atoms with E-state index < -0.39 is 5.41 Å². The van der Waals surface area contributed by atoms with Crippen LogP contribution in [0.25, 0.3) is 0 Å². The molecule has 2 atom stereocenters. The predicted octanol–water partition coefficient (Wildman–Crippen LogP) is 1.68. The van der Waals surface area contributed by atoms with Gasteiger partial charge in [-0.05, 0) is 44.4 Å². The summed E-state index contributed by atoms with van der Waals surface area (Å²) in [6, 6.07) is 7.27. The monoisotopic (exact) mass is 264 g/mol. The number of nitrogen functional groups attached to an aromatic ring is 1. The zero-order valence-corrected chi connectivity index (χ0v) is 12.1. The SMILES string of the molecule is CC(CO)C(C)NC(=O)C(C)(C)c1ccc(N)cc1. The topological polar surface area (TPSA) is 75.3 Å². The first-order valence-corrected chi connectivity index (χ1v) is 6.57. The van der Waals surface area contributed by atoms with Crippen LogP contribution in [0.3, 0.4) is 0 Å². The van der Waals surface area contributed by atoms with Gasteiger partial charge in [-0.15, -0.1) is 0 Å². The molecule has 0 aliphatic rings. The molecule has 0 saturated heterocycles. The fourth-order valence-electron chi connectivity index (χ4n) is 1.72. The van der Waals surface area contributed by atoms with Crippen molar-refractivity contribution in [2.75, 3.05) is 12.3 Å². The number of benzene rings is 1. The number of nitrogens with one attached hydrogen (secondary N) is 1. The summed E-state index contributed by atoms with van der Waals surface area (Å²) in [4.78, 5) is 12.4. The molecule has 4 heteroatoms. The van der Waals surface area contributed by atoms with E-state index in [-0.39, 0.29) is 24.5 Å². The van der Waals surface area contributed by atoms with Crippen molar-refractivity contribution in [2.24, 2.45) is 5.92 Å². The van der Waals surface area contributed by atoms with Gasteiger partial charge < -0.3 is 16.2 Å². The van der Waals surface area contributed by atoms with Crippen molar-refractivity contribution in [3.63, 3.8) is 0 Å². The van der Waals surface area contributed by atoms with Crippen molar-refractivity contribution in [1.29, 1.82) is 0 Å². The first-order chi connectivity index (χ1) is 8.78. The first-order valence-electron chi connectivity index (χ1n) is 6.57. The molecule has 0 bridgehead atoms. The van der Waals surface area contributed by atoms with Crippen LogP contribution in [0.1, 0.15) is 33.3 Å². The van der Waals surface area contributed by atoms with E-state index in [2.05, 4.69) is 5.32 Å². The van der Waals surface area contributed by atoms with Gasteiger partial charge >= 0.3 is 0 Å². The average molecular weight is 264 g/mol. The van der Waals surface area contributed by atoms with Crippen molar-refractivity contribution < 1.29 is 9.90 Å². The van der Waals surface area contributed by atoms with Crippen molar-refractivity contribution in [1.82, 2.24) is 5.32 Å². The van der Waals surface area contributed by atoms with Crippen LogP contribution in [0.15, 0.2) is 24.3 Å². The number of amides is 1. The number of rotatable bonds is 5. The highest BCUT2D eigenvalue weighted by Crippen LogP contribution is 2.24. The van der Waals surface area contributed by atoms with Crippen molar-refractivity contribution >= 4 is 11.6 Å². The quantitative estimate of drug-likeness (QED) is 0.708. The molecule has 1 aromatic rings. The Kier molecular flexibility index (Phi) is 4.95. The summed E-state index contributed by atoms with van der Waals surface area (Å²) in [6.07, 6.45) is 0. The molecule has 2 unspecified atom stereocenters. The summed E-state index contributed by atoms with van der Waals surface area (Å²) in [5.41, 5.74) is 6.63. The lowest BCUT2D eigenvalue weighted by Gasteiger charge is -2.28. The highest BCUT2D eigenvalue weighted by atomic mass is 16.3. The Labute approximate surface area is 115 Å². The number of nitrogens with two attached hydrogens (primary N) is 1. The summed E-state index contributed by atoms with van der Waals surface area (Å²) < 4.78 is 0. The van der Waals surface area contributed by atoms with E-state index >= 15 is 0 Å². The molecular weight excluding hydrogens is 240 g/mol. The van der Waals surface area contributed by atoms with E-state index in [1.165, 1.54) is 0 Å². The summed E-state index contributed by atoms with van der Waals surface area (Å²) in [6.45, 7) is 7.62. The van der Waals surface area contributed by atoms with Crippen LogP contribution in [0.4, 0.5) is 5.69 Å². The Hall–Kier alpha value is -1.55. The standard InChI is InChI=1S/C15H24N2O2/c1-10(9-18)11(2)17-14(19)15(3,4)12-5-7-13(16)8-6-12/h5-8,10-11,18H,9,16H2,1-4H3,(H,17,19). The number of carbonyl (C=O) groups is 1. The molecule has 0 aliphatic carbocycles. The van der Waals surface area contributed by atoms with E-state index in [0.29, 0.717) is 5.69 Å². The number of aliphatic hydroxyl groups is 1. The van der Waals surface area contributed by atoms with Gasteiger partial charge in [-0.25, -0.2) is 0 Å². The third-order valence-electron chi connectivity index (χ3n) is 3.70. The van der Waals surface area contributed by atoms with E-state index in [1.54, 1.807) is 12.1 Å². The van der Waals surface area contributed by atoms with Crippen LogP contribution >= 0.6 is 0 Å². The van der Waals surface area contributed by atoms with Gasteiger partial charge in [-0.3, -0.25) is 4.79 Å². The highest BCUT2D eigenvalue weighted by molar-refractivity contribution is 5.87. The van der Waals surface area contributed by atoms with Crippen LogP contribution in [0, 0.1) is 5.92 Å². The van der Waals surface area contributed by atoms with Crippen molar-refractivity contribution in [2.45, 2.75) is 39.2 Å². The number of aliphatic hydroxyl groups excluding tert-OH is 1. The van der Waals surface area contributed by atoms with E-state index in [4.69, 9.17) is 10.8 Å². The van der Waals surface area contributed by atoms with Gasteiger partial charge in [-0.1, -0.05) is 19.1 Å². The second kappa shape index (κ2) is 6.06. The molecule has 0 radical (unpaired) electrons. The zero-order chi connectivity index (χ0) is 14.6. The Morgan fingerprint density at radius 1 is 1.32 bits per heavy atom. The number of carbonyl (C=O) groups excluding carboxylic acids is 1. The summed E-state index contributed by atoms with van der Waals surface area (Å²) in [5, 5.41) is 12.1. The van der Waals surface area contributed by atoms with Crippen LogP contribution in [0.5, 0.6) is 0 Å². The summed E-state index contributed by atoms with van der Waals surface area (Å²) in [7, 11) is 0. The van der Waals surface area contributed by atoms with Gasteiger partial charge in [0.05, 0.1) is 5.41 Å². The maximum atomic E-state index is 12.4. The Balaban J connectivity index is 2.82. The second-order valence-corrected chi connectivity index (χ2v) is 5.67. The molecule has 106 valence electrons. The molecule has 1 aromatic carbocycles. The average Bonchev–Trinajstić information content (AvgIpc) is 2.38. The minimum Gasteiger partial charge on any atom is -0.399 e. The Morgan fingerprint density at radius 3 is 2.32 bits per heavy atom. The van der Waals surface area contributed by atoms with Gasteiger partial charge in [-0.2, -0.15) is 0 Å². The van der Waals surface area contributed by atoms with Crippen molar-refractivity contribution in [3.8, 4) is 0 Å². The third kappa shape index (κ3) is 3.70. The predicted molar refractivity (Wildman–Crippen MR) is 77.7 cm³/mol. The summed E-state index contributed by atoms with van der Waals surface area (Å²) >= 11 is 0. The molecule has 4 N–H and O–H groups in total. The van der Waals surface area contributed by atoms with Gasteiger partial charge in [0.2, 0.25) is 5.91 Å². The zero-order valence-electron chi connectivity index (χ0n) is 12.1. The van der Waals surface area contributed by atoms with E-state index in [9.17, 15) is 4.79 Å². The summed E-state index contributed by atoms with van der Waals surface area (Å²) in [5.74, 6) is -0.0174. The molecule has 19 heavy (non-hydrogen) atoms. The lowest BCUT2D eigenvalue weighted by atomic mass is 9.83. The molecule has 1 rings (SSSR count). The molecule has 0 aromatic heterocycles. The van der Waals surface area contributed by atoms with E-state index in [1.807, 2.05) is 39.8 Å². The van der Waals surface area contributed by atoms with Crippen LogP contribution < -0.4 is 11.1 Å². The van der Waals surface area contributed by atoms with Crippen LogP contribution in [0.2, 0.25) is 0 Å².